The minimum atomic E-state index is -2.97. The number of nitrogens with zero attached hydrogens (tertiary/aromatic N) is 4. The van der Waals surface area contributed by atoms with Gasteiger partial charge in [-0.1, -0.05) is 17.7 Å². The normalized spacial score (nSPS) is 24.4. The molecule has 3 heterocycles. The first-order valence-electron chi connectivity index (χ1n) is 16.7. The van der Waals surface area contributed by atoms with Crippen LogP contribution in [0.4, 0.5) is 0 Å². The Labute approximate surface area is 295 Å². The van der Waals surface area contributed by atoms with Gasteiger partial charge in [-0.3, -0.25) is 24.4 Å². The second kappa shape index (κ2) is 17.8. The number of alkyl halides is 1. The molecule has 2 saturated heterocycles. The molecule has 0 aromatic carbocycles. The predicted molar refractivity (Wildman–Crippen MR) is 193 cm³/mol. The Morgan fingerprint density at radius 3 is 2.48 bits per heavy atom. The van der Waals surface area contributed by atoms with Gasteiger partial charge in [-0.25, -0.2) is 8.42 Å². The van der Waals surface area contributed by atoms with Crippen LogP contribution in [-0.2, 0) is 24.2 Å². The Kier molecular flexibility index (Phi) is 14.2. The summed E-state index contributed by atoms with van der Waals surface area (Å²) in [6, 6.07) is 0.209. The minimum absolute atomic E-state index is 0.0183. The molecule has 3 atom stereocenters. The number of ether oxygens (including phenoxy) is 1. The van der Waals surface area contributed by atoms with Gasteiger partial charge in [0.15, 0.2) is 11.7 Å². The molecule has 4 aliphatic rings. The van der Waals surface area contributed by atoms with Crippen LogP contribution in [0.2, 0.25) is 0 Å². The Balaban J connectivity index is 1.34. The summed E-state index contributed by atoms with van der Waals surface area (Å²) in [4.78, 5) is 36.2. The molecule has 2 fully saturated rings. The molecule has 0 aromatic rings. The number of nitrogens with two attached hydrogens (primary N) is 1. The van der Waals surface area contributed by atoms with Crippen LogP contribution in [0.5, 0.6) is 0 Å². The molecule has 3 unspecified atom stereocenters. The molecule has 3 aliphatic heterocycles. The molecular weight excluding hydrogens is 675 g/mol. The number of likely N-dealkylation sites (tertiary alicyclic amines) is 1. The zero-order chi connectivity index (χ0) is 34.8. The molecule has 11 nitrogen and oxygen atoms in total. The van der Waals surface area contributed by atoms with E-state index in [0.717, 1.165) is 57.9 Å². The van der Waals surface area contributed by atoms with Crippen molar-refractivity contribution in [1.82, 2.24) is 20.0 Å². The van der Waals surface area contributed by atoms with E-state index in [1.807, 2.05) is 12.2 Å². The van der Waals surface area contributed by atoms with Crippen LogP contribution < -0.4 is 11.1 Å². The summed E-state index contributed by atoms with van der Waals surface area (Å²) in [5.41, 5.74) is 7.56. The van der Waals surface area contributed by atoms with E-state index in [9.17, 15) is 18.0 Å². The van der Waals surface area contributed by atoms with Crippen LogP contribution >= 0.6 is 23.2 Å². The molecule has 266 valence electrons. The average molecular weight is 726 g/mol. The van der Waals surface area contributed by atoms with Crippen molar-refractivity contribution in [2.45, 2.75) is 57.1 Å². The van der Waals surface area contributed by atoms with Crippen molar-refractivity contribution in [2.75, 3.05) is 70.9 Å². The standard InChI is InChI=1S/C34H50Cl2N6O5S/c1-24(8-15-48(3,45)46)41-11-13-42(14-12-41)34-5-4-31(22-39-34)47-33(37)17-27(16-32(44)28-18-29(35)20-30(36)19-28)23-40-9-6-26(7-10-40)21-38-25(2)43/h4-5,16-19,24,26,29,31H,6-15,20-23,37H2,1-3H3,(H,38,43)/b27-16+,33-17+. The Hall–Kier alpha value is -2.64. The highest BCUT2D eigenvalue weighted by molar-refractivity contribution is 7.90. The number of sulfone groups is 1. The van der Waals surface area contributed by atoms with Crippen LogP contribution in [0.1, 0.15) is 39.5 Å². The van der Waals surface area contributed by atoms with E-state index in [0.29, 0.717) is 54.6 Å². The first kappa shape index (κ1) is 38.2. The summed E-state index contributed by atoms with van der Waals surface area (Å²) in [5, 5.41) is 3.12. The SMILES string of the molecule is CC(=O)NCC1CCN(CC(=C/C(=O)C2=CC(Cl)CC(Cl)=C2)/C=C(\N)OC2C=CC(N3CCN(C(C)CCS(C)(=O)=O)CC3)=NC2)CC1. The molecule has 3 N–H and O–H groups in total. The molecule has 0 spiro atoms. The van der Waals surface area contributed by atoms with Crippen molar-refractivity contribution in [2.24, 2.45) is 16.6 Å². The van der Waals surface area contributed by atoms with Crippen molar-refractivity contribution in [3.8, 4) is 0 Å². The summed E-state index contributed by atoms with van der Waals surface area (Å²) in [6.07, 6.45) is 14.6. The van der Waals surface area contributed by atoms with Gasteiger partial charge in [0.25, 0.3) is 0 Å². The van der Waals surface area contributed by atoms with Gasteiger partial charge in [0.2, 0.25) is 5.91 Å². The predicted octanol–water partition coefficient (Wildman–Crippen LogP) is 2.98. The molecule has 0 aromatic heterocycles. The van der Waals surface area contributed by atoms with Crippen molar-refractivity contribution in [3.05, 3.63) is 58.5 Å². The van der Waals surface area contributed by atoms with Crippen molar-refractivity contribution in [3.63, 3.8) is 0 Å². The maximum absolute atomic E-state index is 13.3. The lowest BCUT2D eigenvalue weighted by molar-refractivity contribution is -0.119. The molecule has 1 aliphatic carbocycles. The second-order valence-electron chi connectivity index (χ2n) is 13.2. The lowest BCUT2D eigenvalue weighted by atomic mass is 9.96. The van der Waals surface area contributed by atoms with Gasteiger partial charge in [0, 0.05) is 81.6 Å². The van der Waals surface area contributed by atoms with E-state index >= 15 is 0 Å². The summed E-state index contributed by atoms with van der Waals surface area (Å²) in [5.74, 6) is 1.51. The van der Waals surface area contributed by atoms with Gasteiger partial charge in [0.1, 0.15) is 21.8 Å². The molecule has 48 heavy (non-hydrogen) atoms. The van der Waals surface area contributed by atoms with Gasteiger partial charge in [-0.15, -0.1) is 11.6 Å². The number of rotatable bonds is 13. The van der Waals surface area contributed by atoms with Crippen molar-refractivity contribution in [1.29, 1.82) is 0 Å². The monoisotopic (exact) mass is 724 g/mol. The zero-order valence-corrected chi connectivity index (χ0v) is 30.6. The number of amides is 1. The second-order valence-corrected chi connectivity index (χ2v) is 16.5. The van der Waals surface area contributed by atoms with Crippen LogP contribution in [-0.4, -0.2) is 129 Å². The molecule has 14 heteroatoms. The zero-order valence-electron chi connectivity index (χ0n) is 28.2. The van der Waals surface area contributed by atoms with Crippen LogP contribution in [0.3, 0.4) is 0 Å². The Morgan fingerprint density at radius 1 is 1.17 bits per heavy atom. The fraction of sp³-hybridized carbons (Fsp3) is 0.618. The number of nitrogens with one attached hydrogen (secondary N) is 1. The maximum Gasteiger partial charge on any atom is 0.216 e. The third-order valence-corrected chi connectivity index (χ3v) is 10.6. The highest BCUT2D eigenvalue weighted by Crippen LogP contribution is 2.26. The van der Waals surface area contributed by atoms with Gasteiger partial charge in [0.05, 0.1) is 17.7 Å². The first-order valence-corrected chi connectivity index (χ1v) is 19.6. The van der Waals surface area contributed by atoms with E-state index in [1.54, 1.807) is 24.3 Å². The summed E-state index contributed by atoms with van der Waals surface area (Å²) in [7, 11) is -2.97. The molecule has 0 saturated carbocycles. The molecule has 0 bridgehead atoms. The number of piperazine rings is 1. The fourth-order valence-electron chi connectivity index (χ4n) is 6.27. The molecular formula is C34H50Cl2N6O5S. The third kappa shape index (κ3) is 12.7. The van der Waals surface area contributed by atoms with E-state index in [-0.39, 0.29) is 40.8 Å². The van der Waals surface area contributed by atoms with Gasteiger partial charge < -0.3 is 20.7 Å². The number of ketones is 1. The smallest absolute Gasteiger partial charge is 0.216 e. The quantitative estimate of drug-likeness (QED) is 0.127. The number of amidine groups is 1. The average Bonchev–Trinajstić information content (AvgIpc) is 3.03. The number of carbonyl (C=O) groups is 2. The number of hydrogen-bond donors (Lipinski definition) is 2. The molecule has 0 radical (unpaired) electrons. The number of carbonyl (C=O) groups excluding carboxylic acids is 2. The third-order valence-electron chi connectivity index (χ3n) is 9.09. The van der Waals surface area contributed by atoms with Crippen LogP contribution in [0.15, 0.2) is 63.5 Å². The lowest BCUT2D eigenvalue weighted by Gasteiger charge is -2.39. The summed E-state index contributed by atoms with van der Waals surface area (Å²) < 4.78 is 29.2. The first-order chi connectivity index (χ1) is 22.7. The number of halogens is 2. The largest absolute Gasteiger partial charge is 0.470 e. The topological polar surface area (TPSA) is 138 Å². The Bertz CT molecular complexity index is 1460. The van der Waals surface area contributed by atoms with E-state index < -0.39 is 9.84 Å². The Morgan fingerprint density at radius 2 is 1.88 bits per heavy atom. The van der Waals surface area contributed by atoms with Gasteiger partial charge in [-0.05, 0) is 75.1 Å². The lowest BCUT2D eigenvalue weighted by Crippen LogP contribution is -2.51. The van der Waals surface area contributed by atoms with Crippen LogP contribution in [0.25, 0.3) is 0 Å². The maximum atomic E-state index is 13.3. The minimum Gasteiger partial charge on any atom is -0.470 e. The van der Waals surface area contributed by atoms with Crippen molar-refractivity contribution < 1.29 is 22.7 Å². The summed E-state index contributed by atoms with van der Waals surface area (Å²) in [6.45, 7) is 10.2. The highest BCUT2D eigenvalue weighted by atomic mass is 35.5. The van der Waals surface area contributed by atoms with E-state index in [2.05, 4.69) is 26.9 Å². The number of aliphatic imine (C=N–C) groups is 1. The van der Waals surface area contributed by atoms with Crippen LogP contribution in [0, 0.1) is 5.92 Å². The molecule has 1 amide bonds. The highest BCUT2D eigenvalue weighted by Gasteiger charge is 2.25. The number of dihydropyridines is 1. The number of piperidine rings is 1. The van der Waals surface area contributed by atoms with E-state index in [4.69, 9.17) is 38.7 Å². The molecule has 4 rings (SSSR count). The fourth-order valence-corrected chi connectivity index (χ4v) is 7.71. The van der Waals surface area contributed by atoms with E-state index in [1.165, 1.54) is 13.2 Å². The van der Waals surface area contributed by atoms with Crippen molar-refractivity contribution >= 4 is 50.6 Å². The number of allylic oxidation sites excluding steroid dienone is 5. The summed E-state index contributed by atoms with van der Waals surface area (Å²) >= 11 is 12.5. The number of hydrogen-bond acceptors (Lipinski definition) is 10. The van der Waals surface area contributed by atoms with Gasteiger partial charge >= 0.3 is 0 Å². The van der Waals surface area contributed by atoms with Gasteiger partial charge in [-0.2, -0.15) is 0 Å².